The van der Waals surface area contributed by atoms with E-state index in [-0.39, 0.29) is 0 Å². The van der Waals surface area contributed by atoms with Crippen LogP contribution in [0.3, 0.4) is 0 Å². The van der Waals surface area contributed by atoms with Gasteiger partial charge in [0.05, 0.1) is 6.21 Å². The van der Waals surface area contributed by atoms with Gasteiger partial charge in [-0.25, -0.2) is 0 Å². The van der Waals surface area contributed by atoms with Crippen LogP contribution in [0, 0.1) is 0 Å². The SMILES string of the molecule is CCSC(=C\NC)/C=N/O. The van der Waals surface area contributed by atoms with Crippen LogP contribution in [0.25, 0.3) is 0 Å². The predicted molar refractivity (Wildman–Crippen MR) is 45.6 cm³/mol. The Morgan fingerprint density at radius 1 is 1.80 bits per heavy atom. The Morgan fingerprint density at radius 3 is 2.90 bits per heavy atom. The molecular formula is C6H12N2OS. The van der Waals surface area contributed by atoms with Gasteiger partial charge in [0.2, 0.25) is 0 Å². The fourth-order valence-electron chi connectivity index (χ4n) is 0.482. The third kappa shape index (κ3) is 4.26. The number of nitrogens with zero attached hydrogens (tertiary/aromatic N) is 1. The first-order chi connectivity index (χ1) is 4.85. The smallest absolute Gasteiger partial charge is 0.0811 e. The van der Waals surface area contributed by atoms with Gasteiger partial charge in [0.15, 0.2) is 0 Å². The molecule has 0 aliphatic rings. The van der Waals surface area contributed by atoms with E-state index in [1.165, 1.54) is 6.21 Å². The Balaban J connectivity index is 3.84. The first kappa shape index (κ1) is 9.36. The summed E-state index contributed by atoms with van der Waals surface area (Å²) in [6.07, 6.45) is 3.19. The molecular weight excluding hydrogens is 148 g/mol. The summed E-state index contributed by atoms with van der Waals surface area (Å²) in [5.41, 5.74) is 0. The molecule has 0 amide bonds. The Hall–Kier alpha value is -0.640. The zero-order valence-electron chi connectivity index (χ0n) is 6.16. The Bertz CT molecular complexity index is 134. The monoisotopic (exact) mass is 160 g/mol. The van der Waals surface area contributed by atoms with Gasteiger partial charge in [-0.1, -0.05) is 12.1 Å². The van der Waals surface area contributed by atoms with Crippen LogP contribution in [0.5, 0.6) is 0 Å². The summed E-state index contributed by atoms with van der Waals surface area (Å²) >= 11 is 1.61. The summed E-state index contributed by atoms with van der Waals surface area (Å²) in [7, 11) is 1.81. The van der Waals surface area contributed by atoms with Crippen LogP contribution < -0.4 is 5.32 Å². The van der Waals surface area contributed by atoms with Gasteiger partial charge in [-0.2, -0.15) is 0 Å². The molecule has 0 aromatic carbocycles. The number of thioether (sulfide) groups is 1. The molecule has 4 heteroatoms. The van der Waals surface area contributed by atoms with Crippen LogP contribution >= 0.6 is 11.8 Å². The van der Waals surface area contributed by atoms with Crippen molar-refractivity contribution < 1.29 is 5.21 Å². The average Bonchev–Trinajstić information content (AvgIpc) is 1.90. The van der Waals surface area contributed by atoms with Crippen LogP contribution in [0.15, 0.2) is 16.3 Å². The molecule has 0 aromatic heterocycles. The highest BCUT2D eigenvalue weighted by atomic mass is 32.2. The minimum absolute atomic E-state index is 0.924. The molecule has 0 aromatic rings. The molecule has 0 unspecified atom stereocenters. The van der Waals surface area contributed by atoms with Crippen molar-refractivity contribution in [2.75, 3.05) is 12.8 Å². The van der Waals surface area contributed by atoms with E-state index in [1.54, 1.807) is 25.0 Å². The lowest BCUT2D eigenvalue weighted by molar-refractivity contribution is 0.322. The maximum absolute atomic E-state index is 8.18. The van der Waals surface area contributed by atoms with Gasteiger partial charge >= 0.3 is 0 Å². The van der Waals surface area contributed by atoms with Crippen molar-refractivity contribution >= 4 is 18.0 Å². The van der Waals surface area contributed by atoms with E-state index in [1.807, 2.05) is 6.92 Å². The number of hydrogen-bond acceptors (Lipinski definition) is 4. The standard InChI is InChI=1S/C6H12N2OS/c1-3-10-6(4-7-2)5-8-9/h4-5,7,9H,3H2,1-2H3/b6-4-,8-5+. The highest BCUT2D eigenvalue weighted by Gasteiger charge is 1.89. The van der Waals surface area contributed by atoms with Crippen LogP contribution in [0.2, 0.25) is 0 Å². The third-order valence-electron chi connectivity index (χ3n) is 0.783. The molecule has 0 rings (SSSR count). The lowest BCUT2D eigenvalue weighted by atomic mass is 10.6. The molecule has 0 saturated heterocycles. The summed E-state index contributed by atoms with van der Waals surface area (Å²) in [5.74, 6) is 0.972. The lowest BCUT2D eigenvalue weighted by Crippen LogP contribution is -1.95. The van der Waals surface area contributed by atoms with Gasteiger partial charge < -0.3 is 10.5 Å². The van der Waals surface area contributed by atoms with E-state index in [2.05, 4.69) is 10.5 Å². The van der Waals surface area contributed by atoms with E-state index in [4.69, 9.17) is 5.21 Å². The lowest BCUT2D eigenvalue weighted by Gasteiger charge is -1.95. The largest absolute Gasteiger partial charge is 0.411 e. The van der Waals surface area contributed by atoms with Gasteiger partial charge in [0.1, 0.15) is 0 Å². The van der Waals surface area contributed by atoms with E-state index in [0.717, 1.165) is 10.7 Å². The van der Waals surface area contributed by atoms with E-state index in [0.29, 0.717) is 0 Å². The second kappa shape index (κ2) is 6.48. The normalized spacial score (nSPS) is 12.4. The Labute approximate surface area is 65.2 Å². The quantitative estimate of drug-likeness (QED) is 0.370. The highest BCUT2D eigenvalue weighted by Crippen LogP contribution is 2.10. The van der Waals surface area contributed by atoms with E-state index < -0.39 is 0 Å². The van der Waals surface area contributed by atoms with Crippen LogP contribution in [-0.4, -0.2) is 24.2 Å². The number of rotatable bonds is 4. The highest BCUT2D eigenvalue weighted by molar-refractivity contribution is 8.03. The number of allylic oxidation sites excluding steroid dienone is 1. The van der Waals surface area contributed by atoms with Crippen LogP contribution in [0.1, 0.15) is 6.92 Å². The van der Waals surface area contributed by atoms with Gasteiger partial charge in [0, 0.05) is 18.2 Å². The zero-order chi connectivity index (χ0) is 7.82. The molecule has 0 bridgehead atoms. The second-order valence-electron chi connectivity index (χ2n) is 1.51. The van der Waals surface area contributed by atoms with Crippen molar-refractivity contribution in [3.8, 4) is 0 Å². The van der Waals surface area contributed by atoms with Crippen molar-refractivity contribution in [2.24, 2.45) is 5.16 Å². The maximum Gasteiger partial charge on any atom is 0.0811 e. The molecule has 0 radical (unpaired) electrons. The molecule has 0 saturated carbocycles. The molecule has 0 atom stereocenters. The number of nitrogens with one attached hydrogen (secondary N) is 1. The molecule has 0 aliphatic carbocycles. The molecule has 58 valence electrons. The fourth-order valence-corrected chi connectivity index (χ4v) is 1.14. The molecule has 3 nitrogen and oxygen atoms in total. The summed E-state index contributed by atoms with van der Waals surface area (Å²) in [6, 6.07) is 0. The summed E-state index contributed by atoms with van der Waals surface area (Å²) in [4.78, 5) is 0.924. The average molecular weight is 160 g/mol. The Kier molecular flexibility index (Phi) is 6.06. The van der Waals surface area contributed by atoms with Gasteiger partial charge in [-0.3, -0.25) is 0 Å². The Morgan fingerprint density at radius 2 is 2.50 bits per heavy atom. The molecule has 0 aliphatic heterocycles. The minimum atomic E-state index is 0.924. The topological polar surface area (TPSA) is 44.6 Å². The van der Waals surface area contributed by atoms with Crippen molar-refractivity contribution in [1.29, 1.82) is 0 Å². The van der Waals surface area contributed by atoms with Crippen molar-refractivity contribution in [2.45, 2.75) is 6.92 Å². The van der Waals surface area contributed by atoms with Gasteiger partial charge in [-0.05, 0) is 5.75 Å². The fraction of sp³-hybridized carbons (Fsp3) is 0.500. The van der Waals surface area contributed by atoms with Crippen LogP contribution in [-0.2, 0) is 0 Å². The molecule has 10 heavy (non-hydrogen) atoms. The predicted octanol–water partition coefficient (Wildman–Crippen LogP) is 1.26. The molecule has 0 heterocycles. The number of oxime groups is 1. The van der Waals surface area contributed by atoms with E-state index in [9.17, 15) is 0 Å². The minimum Gasteiger partial charge on any atom is -0.411 e. The van der Waals surface area contributed by atoms with Crippen molar-refractivity contribution in [3.05, 3.63) is 11.1 Å². The third-order valence-corrected chi connectivity index (χ3v) is 1.63. The van der Waals surface area contributed by atoms with Crippen molar-refractivity contribution in [1.82, 2.24) is 5.32 Å². The van der Waals surface area contributed by atoms with Gasteiger partial charge in [0.25, 0.3) is 0 Å². The van der Waals surface area contributed by atoms with Crippen LogP contribution in [0.4, 0.5) is 0 Å². The summed E-state index contributed by atoms with van der Waals surface area (Å²) < 4.78 is 0. The molecule has 0 spiro atoms. The molecule has 2 N–H and O–H groups in total. The van der Waals surface area contributed by atoms with Crippen molar-refractivity contribution in [3.63, 3.8) is 0 Å². The maximum atomic E-state index is 8.18. The summed E-state index contributed by atoms with van der Waals surface area (Å²) in [6.45, 7) is 2.04. The zero-order valence-corrected chi connectivity index (χ0v) is 6.98. The second-order valence-corrected chi connectivity index (χ2v) is 2.85. The number of hydrogen-bond donors (Lipinski definition) is 2. The molecule has 0 fully saturated rings. The summed E-state index contributed by atoms with van der Waals surface area (Å²) in [5, 5.41) is 13.9. The van der Waals surface area contributed by atoms with E-state index >= 15 is 0 Å². The first-order valence-electron chi connectivity index (χ1n) is 3.02. The van der Waals surface area contributed by atoms with Gasteiger partial charge in [-0.15, -0.1) is 11.8 Å². The first-order valence-corrected chi connectivity index (χ1v) is 4.01.